The fraction of sp³-hybridized carbons (Fsp3) is 0.500. The van der Waals surface area contributed by atoms with Crippen molar-refractivity contribution in [3.8, 4) is 0 Å². The molecule has 2 heterocycles. The third-order valence-corrected chi connectivity index (χ3v) is 2.81. The summed E-state index contributed by atoms with van der Waals surface area (Å²) >= 11 is 0. The van der Waals surface area contributed by atoms with Crippen molar-refractivity contribution in [2.75, 3.05) is 13.7 Å². The molecule has 0 bridgehead atoms. The molecule has 0 radical (unpaired) electrons. The molecule has 1 unspecified atom stereocenters. The third-order valence-electron chi connectivity index (χ3n) is 2.81. The minimum Gasteiger partial charge on any atom is -0.372 e. The third kappa shape index (κ3) is 2.16. The van der Waals surface area contributed by atoms with Crippen LogP contribution >= 0.6 is 0 Å². The topological polar surface area (TPSA) is 66.0 Å². The Bertz CT molecular complexity index is 490. The lowest BCUT2D eigenvalue weighted by Crippen LogP contribution is -2.19. The molecule has 1 atom stereocenters. The number of hydrogen-bond donors (Lipinski definition) is 1. The molecule has 0 saturated heterocycles. The standard InChI is InChI=1S/C12H18N4O/c1-3-6-16-10-4-5-14-8-9(10)15-12(16)11(7-13)17-2/h4-5,8,11H,3,6-7,13H2,1-2H3. The summed E-state index contributed by atoms with van der Waals surface area (Å²) in [7, 11) is 1.66. The number of ether oxygens (including phenoxy) is 1. The Morgan fingerprint density at radius 1 is 1.53 bits per heavy atom. The first-order chi connectivity index (χ1) is 8.31. The van der Waals surface area contributed by atoms with Crippen LogP contribution in [0.5, 0.6) is 0 Å². The van der Waals surface area contributed by atoms with Gasteiger partial charge in [-0.2, -0.15) is 0 Å². The lowest BCUT2D eigenvalue weighted by Gasteiger charge is -2.14. The Labute approximate surface area is 101 Å². The molecule has 92 valence electrons. The van der Waals surface area contributed by atoms with Crippen molar-refractivity contribution in [1.29, 1.82) is 0 Å². The molecule has 2 aromatic heterocycles. The van der Waals surface area contributed by atoms with Gasteiger partial charge < -0.3 is 15.0 Å². The van der Waals surface area contributed by atoms with Crippen molar-refractivity contribution in [1.82, 2.24) is 14.5 Å². The molecule has 0 saturated carbocycles. The molecule has 2 aromatic rings. The van der Waals surface area contributed by atoms with Gasteiger partial charge >= 0.3 is 0 Å². The molecule has 5 heteroatoms. The first-order valence-corrected chi connectivity index (χ1v) is 5.84. The summed E-state index contributed by atoms with van der Waals surface area (Å²) in [5.41, 5.74) is 7.69. The lowest BCUT2D eigenvalue weighted by atomic mass is 10.3. The second kappa shape index (κ2) is 5.25. The van der Waals surface area contributed by atoms with Crippen LogP contribution in [-0.4, -0.2) is 28.2 Å². The van der Waals surface area contributed by atoms with Gasteiger partial charge in [-0.15, -0.1) is 0 Å². The van der Waals surface area contributed by atoms with Crippen molar-refractivity contribution in [2.24, 2.45) is 5.73 Å². The predicted octanol–water partition coefficient (Wildman–Crippen LogP) is 1.49. The van der Waals surface area contributed by atoms with E-state index in [1.54, 1.807) is 19.5 Å². The van der Waals surface area contributed by atoms with Crippen LogP contribution in [0, 0.1) is 0 Å². The highest BCUT2D eigenvalue weighted by atomic mass is 16.5. The molecule has 0 amide bonds. The fourth-order valence-corrected chi connectivity index (χ4v) is 2.01. The fourth-order valence-electron chi connectivity index (χ4n) is 2.01. The Kier molecular flexibility index (Phi) is 3.71. The minimum absolute atomic E-state index is 0.158. The molecule has 2 N–H and O–H groups in total. The van der Waals surface area contributed by atoms with Crippen LogP contribution in [0.1, 0.15) is 25.3 Å². The van der Waals surface area contributed by atoms with Gasteiger partial charge in [-0.25, -0.2) is 4.98 Å². The maximum atomic E-state index is 5.71. The highest BCUT2D eigenvalue weighted by molar-refractivity contribution is 5.74. The van der Waals surface area contributed by atoms with Gasteiger partial charge in [0.25, 0.3) is 0 Å². The van der Waals surface area contributed by atoms with E-state index in [1.807, 2.05) is 6.07 Å². The average Bonchev–Trinajstić information content (AvgIpc) is 2.71. The molecule has 0 fully saturated rings. The molecule has 0 spiro atoms. The number of methoxy groups -OCH3 is 1. The van der Waals surface area contributed by atoms with Gasteiger partial charge in [-0.05, 0) is 12.5 Å². The van der Waals surface area contributed by atoms with Crippen LogP contribution in [0.4, 0.5) is 0 Å². The summed E-state index contributed by atoms with van der Waals surface area (Å²) in [6.45, 7) is 3.48. The van der Waals surface area contributed by atoms with Crippen LogP contribution in [-0.2, 0) is 11.3 Å². The van der Waals surface area contributed by atoms with Gasteiger partial charge in [0.05, 0.1) is 11.7 Å². The zero-order valence-electron chi connectivity index (χ0n) is 10.3. The van der Waals surface area contributed by atoms with Crippen molar-refractivity contribution < 1.29 is 4.74 Å². The van der Waals surface area contributed by atoms with E-state index in [1.165, 1.54) is 0 Å². The van der Waals surface area contributed by atoms with E-state index in [0.29, 0.717) is 6.54 Å². The van der Waals surface area contributed by atoms with Crippen LogP contribution in [0.15, 0.2) is 18.5 Å². The quantitative estimate of drug-likeness (QED) is 0.851. The van der Waals surface area contributed by atoms with Crippen molar-refractivity contribution in [2.45, 2.75) is 26.0 Å². The molecule has 0 aliphatic rings. The van der Waals surface area contributed by atoms with Gasteiger partial charge in [-0.3, -0.25) is 4.98 Å². The van der Waals surface area contributed by atoms with Crippen LogP contribution in [0.2, 0.25) is 0 Å². The number of rotatable bonds is 5. The molecule has 17 heavy (non-hydrogen) atoms. The zero-order valence-corrected chi connectivity index (χ0v) is 10.3. The van der Waals surface area contributed by atoms with Gasteiger partial charge in [-0.1, -0.05) is 6.92 Å². The number of nitrogens with zero attached hydrogens (tertiary/aromatic N) is 3. The maximum Gasteiger partial charge on any atom is 0.140 e. The Hall–Kier alpha value is -1.46. The molecule has 0 aliphatic carbocycles. The highest BCUT2D eigenvalue weighted by Gasteiger charge is 2.18. The number of imidazole rings is 1. The minimum atomic E-state index is -0.158. The summed E-state index contributed by atoms with van der Waals surface area (Å²) in [4.78, 5) is 8.66. The number of aryl methyl sites for hydroxylation is 1. The molecular weight excluding hydrogens is 216 g/mol. The van der Waals surface area contributed by atoms with Crippen molar-refractivity contribution in [3.05, 3.63) is 24.3 Å². The van der Waals surface area contributed by atoms with E-state index in [9.17, 15) is 0 Å². The molecular formula is C12H18N4O. The van der Waals surface area contributed by atoms with Crippen molar-refractivity contribution >= 4 is 11.0 Å². The van der Waals surface area contributed by atoms with E-state index in [0.717, 1.165) is 29.8 Å². The maximum absolute atomic E-state index is 5.71. The Balaban J connectivity index is 2.56. The molecule has 5 nitrogen and oxygen atoms in total. The first kappa shape index (κ1) is 12.0. The highest BCUT2D eigenvalue weighted by Crippen LogP contribution is 2.21. The monoisotopic (exact) mass is 234 g/mol. The van der Waals surface area contributed by atoms with Gasteiger partial charge in [0.1, 0.15) is 17.4 Å². The van der Waals surface area contributed by atoms with E-state index >= 15 is 0 Å². The van der Waals surface area contributed by atoms with E-state index < -0.39 is 0 Å². The van der Waals surface area contributed by atoms with Crippen molar-refractivity contribution in [3.63, 3.8) is 0 Å². The van der Waals surface area contributed by atoms with Crippen LogP contribution in [0.3, 0.4) is 0 Å². The second-order valence-corrected chi connectivity index (χ2v) is 3.95. The largest absolute Gasteiger partial charge is 0.372 e. The number of nitrogens with two attached hydrogens (primary N) is 1. The second-order valence-electron chi connectivity index (χ2n) is 3.95. The smallest absolute Gasteiger partial charge is 0.140 e. The summed E-state index contributed by atoms with van der Waals surface area (Å²) in [5.74, 6) is 0.889. The summed E-state index contributed by atoms with van der Waals surface area (Å²) < 4.78 is 7.54. The molecule has 0 aromatic carbocycles. The van der Waals surface area contributed by atoms with Gasteiger partial charge in [0, 0.05) is 26.4 Å². The Morgan fingerprint density at radius 3 is 3.00 bits per heavy atom. The van der Waals surface area contributed by atoms with Crippen LogP contribution < -0.4 is 5.73 Å². The van der Waals surface area contributed by atoms with E-state index in [2.05, 4.69) is 21.5 Å². The average molecular weight is 234 g/mol. The molecule has 2 rings (SSSR count). The lowest BCUT2D eigenvalue weighted by molar-refractivity contribution is 0.100. The summed E-state index contributed by atoms with van der Waals surface area (Å²) in [6.07, 6.45) is 4.44. The number of pyridine rings is 1. The normalized spacial score (nSPS) is 13.1. The Morgan fingerprint density at radius 2 is 2.35 bits per heavy atom. The van der Waals surface area contributed by atoms with Gasteiger partial charge in [0.15, 0.2) is 0 Å². The summed E-state index contributed by atoms with van der Waals surface area (Å²) in [6, 6.07) is 1.98. The van der Waals surface area contributed by atoms with Crippen LogP contribution in [0.25, 0.3) is 11.0 Å². The summed E-state index contributed by atoms with van der Waals surface area (Å²) in [5, 5.41) is 0. The van der Waals surface area contributed by atoms with Gasteiger partial charge in [0.2, 0.25) is 0 Å². The number of aromatic nitrogens is 3. The SMILES string of the molecule is CCCn1c(C(CN)OC)nc2cnccc21. The van der Waals surface area contributed by atoms with E-state index in [4.69, 9.17) is 10.5 Å². The molecule has 0 aliphatic heterocycles. The first-order valence-electron chi connectivity index (χ1n) is 5.84. The predicted molar refractivity (Wildman–Crippen MR) is 66.6 cm³/mol. The number of hydrogen-bond acceptors (Lipinski definition) is 4. The van der Waals surface area contributed by atoms with E-state index in [-0.39, 0.29) is 6.10 Å². The zero-order chi connectivity index (χ0) is 12.3. The number of fused-ring (bicyclic) bond motifs is 1.